The Morgan fingerprint density at radius 1 is 1.16 bits per heavy atom. The number of amides is 3. The van der Waals surface area contributed by atoms with Gasteiger partial charge in [-0.1, -0.05) is 18.2 Å². The Labute approximate surface area is 182 Å². The number of carbonyl (C=O) groups is 4. The molecule has 0 aromatic heterocycles. The van der Waals surface area contributed by atoms with Crippen molar-refractivity contribution in [2.45, 2.75) is 45.6 Å². The van der Waals surface area contributed by atoms with Crippen LogP contribution in [0, 0.1) is 5.92 Å². The number of primary amides is 1. The summed E-state index contributed by atoms with van der Waals surface area (Å²) in [6.07, 6.45) is 0.725. The predicted molar refractivity (Wildman–Crippen MR) is 114 cm³/mol. The van der Waals surface area contributed by atoms with Gasteiger partial charge in [-0.15, -0.1) is 0 Å². The van der Waals surface area contributed by atoms with Crippen molar-refractivity contribution in [3.63, 3.8) is 0 Å². The average molecular weight is 434 g/mol. The van der Waals surface area contributed by atoms with Gasteiger partial charge in [0, 0.05) is 31.7 Å². The molecule has 1 fully saturated rings. The Morgan fingerprint density at radius 3 is 2.45 bits per heavy atom. The van der Waals surface area contributed by atoms with E-state index in [1.165, 1.54) is 9.80 Å². The molecule has 0 aliphatic carbocycles. The zero-order valence-electron chi connectivity index (χ0n) is 18.3. The van der Waals surface area contributed by atoms with Crippen molar-refractivity contribution in [1.82, 2.24) is 4.90 Å². The quantitative estimate of drug-likeness (QED) is 0.658. The summed E-state index contributed by atoms with van der Waals surface area (Å²) in [5.74, 6) is -2.05. The van der Waals surface area contributed by atoms with Crippen LogP contribution in [0.5, 0.6) is 0 Å². The van der Waals surface area contributed by atoms with Crippen molar-refractivity contribution in [3.05, 3.63) is 30.3 Å². The summed E-state index contributed by atoms with van der Waals surface area (Å²) in [5.41, 5.74) is 5.17. The maximum absolute atomic E-state index is 12.7. The first-order valence-corrected chi connectivity index (χ1v) is 10.3. The molecule has 31 heavy (non-hydrogen) atoms. The highest BCUT2D eigenvalue weighted by Crippen LogP contribution is 2.21. The van der Waals surface area contributed by atoms with E-state index in [-0.39, 0.29) is 19.5 Å². The van der Waals surface area contributed by atoms with Gasteiger partial charge in [-0.25, -0.2) is 4.79 Å². The molecular formula is C22H31N3O6. The first kappa shape index (κ1) is 24.2. The number of para-hydroxylation sites is 1. The summed E-state index contributed by atoms with van der Waals surface area (Å²) in [6, 6.07) is 8.78. The number of nitrogens with zero attached hydrogens (tertiary/aromatic N) is 2. The summed E-state index contributed by atoms with van der Waals surface area (Å²) >= 11 is 0. The molecule has 2 N–H and O–H groups in total. The van der Waals surface area contributed by atoms with Crippen LogP contribution in [0.3, 0.4) is 0 Å². The van der Waals surface area contributed by atoms with E-state index in [0.29, 0.717) is 25.1 Å². The number of nitrogens with two attached hydrogens (primary N) is 1. The molecule has 1 aliphatic heterocycles. The van der Waals surface area contributed by atoms with Crippen LogP contribution in [0.15, 0.2) is 30.3 Å². The number of likely N-dealkylation sites (tertiary alicyclic amines) is 1. The number of hydrogen-bond acceptors (Lipinski definition) is 6. The van der Waals surface area contributed by atoms with Gasteiger partial charge in [0.05, 0.1) is 5.92 Å². The lowest BCUT2D eigenvalue weighted by Gasteiger charge is -2.33. The van der Waals surface area contributed by atoms with Crippen molar-refractivity contribution >= 4 is 29.6 Å². The second-order valence-electron chi connectivity index (χ2n) is 8.47. The number of hydrogen-bond donors (Lipinski definition) is 1. The zero-order valence-corrected chi connectivity index (χ0v) is 18.3. The summed E-state index contributed by atoms with van der Waals surface area (Å²) in [7, 11) is 0. The van der Waals surface area contributed by atoms with Crippen LogP contribution in [0.1, 0.15) is 40.0 Å². The molecule has 2 rings (SSSR count). The van der Waals surface area contributed by atoms with E-state index in [4.69, 9.17) is 15.2 Å². The molecule has 1 aromatic rings. The Bertz CT molecular complexity index is 790. The third-order valence-electron chi connectivity index (χ3n) is 4.70. The molecule has 1 saturated heterocycles. The minimum absolute atomic E-state index is 0.0119. The fraction of sp³-hybridized carbons (Fsp3) is 0.545. The van der Waals surface area contributed by atoms with Gasteiger partial charge in [-0.3, -0.25) is 14.4 Å². The maximum Gasteiger partial charge on any atom is 0.410 e. The highest BCUT2D eigenvalue weighted by Gasteiger charge is 2.32. The molecule has 1 unspecified atom stereocenters. The minimum Gasteiger partial charge on any atom is -0.455 e. The number of benzene rings is 1. The van der Waals surface area contributed by atoms with Gasteiger partial charge < -0.3 is 25.0 Å². The van der Waals surface area contributed by atoms with E-state index < -0.39 is 42.0 Å². The molecule has 0 saturated carbocycles. The van der Waals surface area contributed by atoms with Crippen molar-refractivity contribution in [2.24, 2.45) is 11.7 Å². The van der Waals surface area contributed by atoms with Crippen LogP contribution < -0.4 is 10.6 Å². The molecule has 0 spiro atoms. The van der Waals surface area contributed by atoms with Crippen LogP contribution in [0.2, 0.25) is 0 Å². The van der Waals surface area contributed by atoms with Gasteiger partial charge in [0.25, 0.3) is 5.91 Å². The Morgan fingerprint density at radius 2 is 1.84 bits per heavy atom. The van der Waals surface area contributed by atoms with Crippen LogP contribution in [0.4, 0.5) is 10.5 Å². The van der Waals surface area contributed by atoms with Crippen LogP contribution in [0.25, 0.3) is 0 Å². The molecule has 3 amide bonds. The fourth-order valence-electron chi connectivity index (χ4n) is 3.22. The van der Waals surface area contributed by atoms with Gasteiger partial charge in [0.1, 0.15) is 5.60 Å². The SMILES string of the molecule is CC(C)(C)OC(=O)N1CCCC(C(=O)OCC(=O)N(CCC(N)=O)c2ccccc2)C1. The molecule has 9 nitrogen and oxygen atoms in total. The number of ether oxygens (including phenoxy) is 2. The predicted octanol–water partition coefficient (Wildman–Crippen LogP) is 2.09. The van der Waals surface area contributed by atoms with Gasteiger partial charge in [-0.05, 0) is 45.7 Å². The fourth-order valence-corrected chi connectivity index (χ4v) is 3.22. The van der Waals surface area contributed by atoms with Gasteiger partial charge in [-0.2, -0.15) is 0 Å². The van der Waals surface area contributed by atoms with Gasteiger partial charge in [0.15, 0.2) is 6.61 Å². The zero-order chi connectivity index (χ0) is 23.0. The van der Waals surface area contributed by atoms with E-state index in [1.807, 2.05) is 0 Å². The van der Waals surface area contributed by atoms with Crippen LogP contribution >= 0.6 is 0 Å². The first-order chi connectivity index (χ1) is 14.6. The highest BCUT2D eigenvalue weighted by atomic mass is 16.6. The molecule has 1 atom stereocenters. The minimum atomic E-state index is -0.622. The molecule has 0 bridgehead atoms. The standard InChI is InChI=1S/C22H31N3O6/c1-22(2,3)31-21(29)24-12-7-8-16(14-24)20(28)30-15-19(27)25(13-11-18(23)26)17-9-5-4-6-10-17/h4-6,9-10,16H,7-8,11-15H2,1-3H3,(H2,23,26). The lowest BCUT2D eigenvalue weighted by atomic mass is 9.98. The number of rotatable bonds is 7. The number of esters is 1. The van der Waals surface area contributed by atoms with E-state index in [0.717, 1.165) is 0 Å². The Balaban J connectivity index is 1.94. The molecule has 1 heterocycles. The number of carbonyl (C=O) groups excluding carboxylic acids is 4. The Hall–Kier alpha value is -3.10. The molecule has 0 radical (unpaired) electrons. The normalized spacial score (nSPS) is 16.4. The van der Waals surface area contributed by atoms with Crippen molar-refractivity contribution in [2.75, 3.05) is 31.1 Å². The number of piperidine rings is 1. The monoisotopic (exact) mass is 433 g/mol. The second kappa shape index (κ2) is 10.8. The largest absolute Gasteiger partial charge is 0.455 e. The second-order valence-corrected chi connectivity index (χ2v) is 8.47. The van der Waals surface area contributed by atoms with E-state index in [2.05, 4.69) is 0 Å². The average Bonchev–Trinajstić information content (AvgIpc) is 2.71. The van der Waals surface area contributed by atoms with Crippen LogP contribution in [-0.2, 0) is 23.9 Å². The summed E-state index contributed by atoms with van der Waals surface area (Å²) < 4.78 is 10.6. The third kappa shape index (κ3) is 7.92. The maximum atomic E-state index is 12.7. The summed E-state index contributed by atoms with van der Waals surface area (Å²) in [6.45, 7) is 5.66. The Kier molecular flexibility index (Phi) is 8.41. The lowest BCUT2D eigenvalue weighted by molar-refractivity contribution is -0.153. The van der Waals surface area contributed by atoms with Gasteiger partial charge >= 0.3 is 12.1 Å². The van der Waals surface area contributed by atoms with E-state index >= 15 is 0 Å². The van der Waals surface area contributed by atoms with Gasteiger partial charge in [0.2, 0.25) is 5.91 Å². The molecular weight excluding hydrogens is 402 g/mol. The van der Waals surface area contributed by atoms with E-state index in [9.17, 15) is 19.2 Å². The third-order valence-corrected chi connectivity index (χ3v) is 4.70. The molecule has 1 aliphatic rings. The summed E-state index contributed by atoms with van der Waals surface area (Å²) in [4.78, 5) is 51.5. The smallest absolute Gasteiger partial charge is 0.410 e. The molecule has 170 valence electrons. The topological polar surface area (TPSA) is 119 Å². The van der Waals surface area contributed by atoms with Crippen molar-refractivity contribution in [3.8, 4) is 0 Å². The van der Waals surface area contributed by atoms with Crippen molar-refractivity contribution < 1.29 is 28.7 Å². The molecule has 1 aromatic carbocycles. The number of anilines is 1. The first-order valence-electron chi connectivity index (χ1n) is 10.3. The van der Waals surface area contributed by atoms with Crippen molar-refractivity contribution in [1.29, 1.82) is 0 Å². The molecule has 9 heteroatoms. The van der Waals surface area contributed by atoms with Crippen LogP contribution in [-0.4, -0.2) is 60.6 Å². The highest BCUT2D eigenvalue weighted by molar-refractivity contribution is 5.95. The van der Waals surface area contributed by atoms with E-state index in [1.54, 1.807) is 51.1 Å². The summed E-state index contributed by atoms with van der Waals surface area (Å²) in [5, 5.41) is 0. The lowest BCUT2D eigenvalue weighted by Crippen LogP contribution is -2.45.